The van der Waals surface area contributed by atoms with Crippen LogP contribution >= 0.6 is 15.9 Å². The molecule has 2 amide bonds. The first-order valence-corrected chi connectivity index (χ1v) is 10.5. The van der Waals surface area contributed by atoms with E-state index >= 15 is 0 Å². The van der Waals surface area contributed by atoms with Crippen molar-refractivity contribution in [1.29, 1.82) is 0 Å². The van der Waals surface area contributed by atoms with E-state index in [0.29, 0.717) is 27.1 Å². The summed E-state index contributed by atoms with van der Waals surface area (Å²) >= 11 is 3.33. The van der Waals surface area contributed by atoms with Crippen molar-refractivity contribution in [2.24, 2.45) is 0 Å². The molecule has 3 aromatic carbocycles. The van der Waals surface area contributed by atoms with Crippen molar-refractivity contribution >= 4 is 45.5 Å². The third kappa shape index (κ3) is 5.21. The number of hydrogen-bond donors (Lipinski definition) is 3. The predicted octanol–water partition coefficient (Wildman–Crippen LogP) is 4.29. The quantitative estimate of drug-likeness (QED) is 0.428. The molecule has 0 aliphatic carbocycles. The molecule has 0 fully saturated rings. The number of rotatable bonds is 6. The summed E-state index contributed by atoms with van der Waals surface area (Å²) in [5.41, 5.74) is 1.18. The van der Waals surface area contributed by atoms with Crippen molar-refractivity contribution in [3.05, 3.63) is 93.6 Å². The summed E-state index contributed by atoms with van der Waals surface area (Å²) in [6.07, 6.45) is 1.49. The molecule has 0 spiro atoms. The summed E-state index contributed by atoms with van der Waals surface area (Å²) in [4.78, 5) is 37.2. The molecule has 0 bridgehead atoms. The van der Waals surface area contributed by atoms with Crippen LogP contribution in [0.4, 0.5) is 5.69 Å². The highest BCUT2D eigenvalue weighted by Crippen LogP contribution is 2.33. The topological polar surface area (TPSA) is 114 Å². The molecule has 3 aromatic rings. The van der Waals surface area contributed by atoms with E-state index < -0.39 is 17.8 Å². The fraction of sp³-hybridized carbons (Fsp3) is 0.0417. The zero-order chi connectivity index (χ0) is 23.4. The van der Waals surface area contributed by atoms with Gasteiger partial charge < -0.3 is 25.2 Å². The average Bonchev–Trinajstić information content (AvgIpc) is 3.27. The molecule has 0 atom stereocenters. The van der Waals surface area contributed by atoms with E-state index in [4.69, 9.17) is 9.47 Å². The summed E-state index contributed by atoms with van der Waals surface area (Å²) in [5, 5.41) is 14.5. The third-order valence-corrected chi connectivity index (χ3v) is 5.38. The van der Waals surface area contributed by atoms with Crippen LogP contribution in [-0.2, 0) is 4.79 Å². The molecule has 8 nitrogen and oxygen atoms in total. The first-order valence-electron chi connectivity index (χ1n) is 9.72. The Bertz CT molecular complexity index is 1290. The highest BCUT2D eigenvalue weighted by atomic mass is 79.9. The number of nitrogens with one attached hydrogen (secondary N) is 2. The van der Waals surface area contributed by atoms with Crippen molar-refractivity contribution in [2.45, 2.75) is 0 Å². The number of benzene rings is 3. The van der Waals surface area contributed by atoms with Crippen LogP contribution in [0, 0.1) is 0 Å². The van der Waals surface area contributed by atoms with E-state index in [1.165, 1.54) is 24.3 Å². The number of anilines is 1. The molecule has 0 aromatic heterocycles. The first-order chi connectivity index (χ1) is 15.9. The van der Waals surface area contributed by atoms with Gasteiger partial charge in [-0.3, -0.25) is 9.59 Å². The van der Waals surface area contributed by atoms with Crippen LogP contribution in [0.5, 0.6) is 11.5 Å². The minimum absolute atomic E-state index is 0.0198. The van der Waals surface area contributed by atoms with E-state index in [2.05, 4.69) is 26.6 Å². The van der Waals surface area contributed by atoms with Crippen LogP contribution in [-0.4, -0.2) is 29.7 Å². The van der Waals surface area contributed by atoms with Gasteiger partial charge in [0.2, 0.25) is 6.79 Å². The van der Waals surface area contributed by atoms with Crippen molar-refractivity contribution < 1.29 is 29.0 Å². The van der Waals surface area contributed by atoms with E-state index in [1.54, 1.807) is 48.5 Å². The molecule has 33 heavy (non-hydrogen) atoms. The summed E-state index contributed by atoms with van der Waals surface area (Å²) in [7, 11) is 0. The number of carboxylic acid groups (broad SMARTS) is 1. The zero-order valence-corrected chi connectivity index (χ0v) is 18.6. The number of ether oxygens (including phenoxy) is 2. The molecule has 0 unspecified atom stereocenters. The maximum Gasteiger partial charge on any atom is 0.335 e. The van der Waals surface area contributed by atoms with E-state index in [-0.39, 0.29) is 23.7 Å². The lowest BCUT2D eigenvalue weighted by Crippen LogP contribution is -2.31. The standard InChI is InChI=1S/C24H17BrN2O6/c25-18-7-2-1-6-17(18)22(28)27-19(10-14-8-9-20-21(11-14)33-13-32-20)23(29)26-16-5-3-4-15(12-16)24(30)31/h1-12H,13H2,(H,26,29)(H,27,28)(H,30,31)/b19-10-. The number of amides is 2. The van der Waals surface area contributed by atoms with Crippen LogP contribution in [0.2, 0.25) is 0 Å². The van der Waals surface area contributed by atoms with Crippen molar-refractivity contribution in [1.82, 2.24) is 5.32 Å². The molecule has 4 rings (SSSR count). The average molecular weight is 509 g/mol. The number of hydrogen-bond acceptors (Lipinski definition) is 5. The Morgan fingerprint density at radius 3 is 2.52 bits per heavy atom. The molecular formula is C24H17BrN2O6. The second-order valence-electron chi connectivity index (χ2n) is 6.94. The Kier molecular flexibility index (Phi) is 6.41. The summed E-state index contributed by atoms with van der Waals surface area (Å²) in [6, 6.07) is 17.7. The number of carbonyl (C=O) groups is 3. The number of halogens is 1. The Morgan fingerprint density at radius 2 is 1.73 bits per heavy atom. The Hall–Kier alpha value is -4.11. The number of fused-ring (bicyclic) bond motifs is 1. The molecule has 9 heteroatoms. The summed E-state index contributed by atoms with van der Waals surface area (Å²) in [6.45, 7) is 0.106. The number of aromatic carboxylic acids is 1. The molecule has 1 heterocycles. The van der Waals surface area contributed by atoms with Gasteiger partial charge >= 0.3 is 5.97 Å². The normalized spacial score (nSPS) is 12.2. The molecule has 0 saturated heterocycles. The maximum atomic E-state index is 13.1. The highest BCUT2D eigenvalue weighted by molar-refractivity contribution is 9.10. The van der Waals surface area contributed by atoms with Crippen molar-refractivity contribution in [3.8, 4) is 11.5 Å². The van der Waals surface area contributed by atoms with Gasteiger partial charge in [0.25, 0.3) is 11.8 Å². The van der Waals surface area contributed by atoms with Gasteiger partial charge in [-0.1, -0.05) is 24.3 Å². The monoisotopic (exact) mass is 508 g/mol. The van der Waals surface area contributed by atoms with Crippen molar-refractivity contribution in [3.63, 3.8) is 0 Å². The smallest absolute Gasteiger partial charge is 0.335 e. The fourth-order valence-electron chi connectivity index (χ4n) is 3.09. The fourth-order valence-corrected chi connectivity index (χ4v) is 3.56. The summed E-state index contributed by atoms with van der Waals surface area (Å²) in [5.74, 6) is -1.14. The van der Waals surface area contributed by atoms with Gasteiger partial charge in [0.05, 0.1) is 11.1 Å². The minimum atomic E-state index is -1.12. The van der Waals surface area contributed by atoms with Gasteiger partial charge in [-0.05, 0) is 70.0 Å². The van der Waals surface area contributed by atoms with Crippen LogP contribution in [0.1, 0.15) is 26.3 Å². The van der Waals surface area contributed by atoms with Gasteiger partial charge in [0.15, 0.2) is 11.5 Å². The molecule has 0 saturated carbocycles. The SMILES string of the molecule is O=C(Nc1cccc(C(=O)O)c1)/C(=C/c1ccc2c(c1)OCO2)NC(=O)c1ccccc1Br. The van der Waals surface area contributed by atoms with Gasteiger partial charge in [-0.25, -0.2) is 4.79 Å². The lowest BCUT2D eigenvalue weighted by molar-refractivity contribution is -0.113. The van der Waals surface area contributed by atoms with Gasteiger partial charge in [0, 0.05) is 10.2 Å². The lowest BCUT2D eigenvalue weighted by atomic mass is 10.1. The van der Waals surface area contributed by atoms with Crippen LogP contribution in [0.3, 0.4) is 0 Å². The number of carboxylic acids is 1. The Balaban J connectivity index is 1.65. The molecule has 166 valence electrons. The first kappa shape index (κ1) is 22.1. The van der Waals surface area contributed by atoms with E-state index in [1.807, 2.05) is 0 Å². The third-order valence-electron chi connectivity index (χ3n) is 4.69. The van der Waals surface area contributed by atoms with Crippen LogP contribution < -0.4 is 20.1 Å². The van der Waals surface area contributed by atoms with Gasteiger partial charge in [-0.2, -0.15) is 0 Å². The number of carbonyl (C=O) groups excluding carboxylic acids is 2. The second-order valence-corrected chi connectivity index (χ2v) is 7.80. The molecule has 1 aliphatic rings. The largest absolute Gasteiger partial charge is 0.478 e. The molecule has 0 radical (unpaired) electrons. The minimum Gasteiger partial charge on any atom is -0.478 e. The molecular weight excluding hydrogens is 492 g/mol. The van der Waals surface area contributed by atoms with E-state index in [0.717, 1.165) is 0 Å². The van der Waals surface area contributed by atoms with E-state index in [9.17, 15) is 19.5 Å². The van der Waals surface area contributed by atoms with Crippen LogP contribution in [0.25, 0.3) is 6.08 Å². The predicted molar refractivity (Wildman–Crippen MR) is 124 cm³/mol. The zero-order valence-electron chi connectivity index (χ0n) is 17.0. The van der Waals surface area contributed by atoms with Gasteiger partial charge in [-0.15, -0.1) is 0 Å². The maximum absolute atomic E-state index is 13.1. The molecule has 3 N–H and O–H groups in total. The molecule has 1 aliphatic heterocycles. The van der Waals surface area contributed by atoms with Crippen LogP contribution in [0.15, 0.2) is 76.9 Å². The second kappa shape index (κ2) is 9.58. The van der Waals surface area contributed by atoms with Crippen molar-refractivity contribution in [2.75, 3.05) is 12.1 Å². The Morgan fingerprint density at radius 1 is 0.939 bits per heavy atom. The summed E-state index contributed by atoms with van der Waals surface area (Å²) < 4.78 is 11.3. The Labute approximate surface area is 197 Å². The highest BCUT2D eigenvalue weighted by Gasteiger charge is 2.18. The van der Waals surface area contributed by atoms with Gasteiger partial charge in [0.1, 0.15) is 5.70 Å². The lowest BCUT2D eigenvalue weighted by Gasteiger charge is -2.12.